The average Bonchev–Trinajstić information content (AvgIpc) is 3.99. The zero-order chi connectivity index (χ0) is 37.1. The van der Waals surface area contributed by atoms with Crippen molar-refractivity contribution in [3.8, 4) is 11.6 Å². The van der Waals surface area contributed by atoms with E-state index in [1.807, 2.05) is 25.1 Å². The second-order valence-corrected chi connectivity index (χ2v) is 17.0. The Morgan fingerprint density at radius 3 is 2.51 bits per heavy atom. The van der Waals surface area contributed by atoms with Crippen molar-refractivity contribution in [1.29, 1.82) is 0 Å². The number of pyridine rings is 1. The Labute approximate surface area is 302 Å². The molecule has 4 amide bonds. The number of carbonyl (C=O) groups is 4. The van der Waals surface area contributed by atoms with Crippen LogP contribution in [0.2, 0.25) is 0 Å². The van der Waals surface area contributed by atoms with E-state index in [9.17, 15) is 27.6 Å². The summed E-state index contributed by atoms with van der Waals surface area (Å²) in [6.07, 6.45) is 3.70. The van der Waals surface area contributed by atoms with Gasteiger partial charge in [-0.3, -0.25) is 19.1 Å². The molecule has 1 aromatic carbocycles. The minimum atomic E-state index is -3.88. The molecule has 1 aromatic heterocycles. The van der Waals surface area contributed by atoms with Gasteiger partial charge >= 0.3 is 6.09 Å². The zero-order valence-corrected chi connectivity index (χ0v) is 31.3. The molecule has 14 nitrogen and oxygen atoms in total. The van der Waals surface area contributed by atoms with Crippen LogP contribution in [0.1, 0.15) is 66.7 Å². The number of thioether (sulfide) groups is 1. The maximum absolute atomic E-state index is 14.0. The summed E-state index contributed by atoms with van der Waals surface area (Å²) in [6, 6.07) is 4.52. The second kappa shape index (κ2) is 15.3. The maximum atomic E-state index is 14.0. The lowest BCUT2D eigenvalue weighted by molar-refractivity contribution is -0.139. The lowest BCUT2D eigenvalue weighted by Crippen LogP contribution is -2.57. The van der Waals surface area contributed by atoms with Gasteiger partial charge in [-0.05, 0) is 77.3 Å². The van der Waals surface area contributed by atoms with E-state index in [1.165, 1.54) is 11.0 Å². The van der Waals surface area contributed by atoms with Crippen molar-refractivity contribution in [3.63, 3.8) is 0 Å². The summed E-state index contributed by atoms with van der Waals surface area (Å²) in [5.74, 6) is -0.648. The molecule has 3 aliphatic rings. The van der Waals surface area contributed by atoms with Crippen molar-refractivity contribution in [2.24, 2.45) is 5.92 Å². The fourth-order valence-corrected chi connectivity index (χ4v) is 8.42. The number of amides is 4. The van der Waals surface area contributed by atoms with Crippen molar-refractivity contribution >= 4 is 56.4 Å². The monoisotopic (exact) mass is 745 g/mol. The Kier molecular flexibility index (Phi) is 11.4. The van der Waals surface area contributed by atoms with Crippen LogP contribution in [0.15, 0.2) is 41.9 Å². The number of nitrogens with zero attached hydrogens (tertiary/aromatic N) is 2. The Hall–Kier alpha value is -4.05. The van der Waals surface area contributed by atoms with Crippen LogP contribution in [-0.4, -0.2) is 96.1 Å². The summed E-state index contributed by atoms with van der Waals surface area (Å²) in [7, 11) is -3.88. The summed E-state index contributed by atoms with van der Waals surface area (Å²) >= 11 is 1.67. The number of rotatable bonds is 15. The molecule has 2 saturated carbocycles. The molecule has 0 bridgehead atoms. The molecule has 1 unspecified atom stereocenters. The van der Waals surface area contributed by atoms with E-state index in [0.717, 1.165) is 33.6 Å². The average molecular weight is 746 g/mol. The lowest BCUT2D eigenvalue weighted by Gasteiger charge is -2.27. The van der Waals surface area contributed by atoms with Crippen LogP contribution < -0.4 is 24.8 Å². The molecular formula is C35H47N5O9S2. The lowest BCUT2D eigenvalue weighted by atomic mass is 10.1. The molecule has 3 N–H and O–H groups in total. The van der Waals surface area contributed by atoms with E-state index in [-0.39, 0.29) is 19.4 Å². The molecule has 3 fully saturated rings. The van der Waals surface area contributed by atoms with Gasteiger partial charge in [0, 0.05) is 29.3 Å². The summed E-state index contributed by atoms with van der Waals surface area (Å²) in [4.78, 5) is 60.1. The topological polar surface area (TPSA) is 182 Å². The predicted molar refractivity (Wildman–Crippen MR) is 192 cm³/mol. The fourth-order valence-electron chi connectivity index (χ4n) is 6.04. The van der Waals surface area contributed by atoms with Crippen molar-refractivity contribution in [1.82, 2.24) is 25.2 Å². The van der Waals surface area contributed by atoms with Gasteiger partial charge in [0.1, 0.15) is 35.6 Å². The van der Waals surface area contributed by atoms with Crippen LogP contribution in [0.5, 0.6) is 11.6 Å². The van der Waals surface area contributed by atoms with Gasteiger partial charge in [0.15, 0.2) is 0 Å². The molecule has 0 spiro atoms. The quantitative estimate of drug-likeness (QED) is 0.179. The van der Waals surface area contributed by atoms with E-state index in [0.29, 0.717) is 25.3 Å². The van der Waals surface area contributed by atoms with E-state index >= 15 is 0 Å². The van der Waals surface area contributed by atoms with Gasteiger partial charge in [-0.25, -0.2) is 18.2 Å². The largest absolute Gasteiger partial charge is 0.493 e. The van der Waals surface area contributed by atoms with Gasteiger partial charge in [0.05, 0.1) is 23.3 Å². The zero-order valence-electron chi connectivity index (χ0n) is 29.7. The molecular weight excluding hydrogens is 699 g/mol. The molecule has 16 heteroatoms. The van der Waals surface area contributed by atoms with Crippen LogP contribution in [0.3, 0.4) is 0 Å². The number of carbonyl (C=O) groups excluding carboxylic acids is 4. The highest BCUT2D eigenvalue weighted by Crippen LogP contribution is 2.46. The molecule has 5 rings (SSSR count). The minimum Gasteiger partial charge on any atom is -0.493 e. The molecule has 51 heavy (non-hydrogen) atoms. The Morgan fingerprint density at radius 2 is 1.88 bits per heavy atom. The number of ether oxygens (including phenoxy) is 3. The number of fused-ring (bicyclic) bond motifs is 1. The molecule has 278 valence electrons. The number of nitrogens with one attached hydrogen (secondary N) is 3. The molecule has 2 aliphatic carbocycles. The third-order valence-electron chi connectivity index (χ3n) is 8.77. The van der Waals surface area contributed by atoms with Crippen LogP contribution in [0, 0.1) is 5.92 Å². The Bertz CT molecular complexity index is 1790. The first-order valence-corrected chi connectivity index (χ1v) is 19.8. The maximum Gasteiger partial charge on any atom is 0.408 e. The molecule has 4 atom stereocenters. The number of benzene rings is 1. The molecule has 2 heterocycles. The van der Waals surface area contributed by atoms with Crippen LogP contribution in [0.25, 0.3) is 10.8 Å². The summed E-state index contributed by atoms with van der Waals surface area (Å²) in [5.41, 5.74) is -2.33. The highest BCUT2D eigenvalue weighted by Gasteiger charge is 2.62. The highest BCUT2D eigenvalue weighted by atomic mass is 32.2. The van der Waals surface area contributed by atoms with Gasteiger partial charge in [-0.15, -0.1) is 18.3 Å². The van der Waals surface area contributed by atoms with Gasteiger partial charge in [-0.1, -0.05) is 13.0 Å². The third kappa shape index (κ3) is 8.88. The summed E-state index contributed by atoms with van der Waals surface area (Å²) in [6.45, 7) is 12.9. The number of hydrogen-bond donors (Lipinski definition) is 3. The smallest absolute Gasteiger partial charge is 0.408 e. The standard InChI is InChI=1S/C35H47N5O9S2/c1-7-16-50-29-24-14-15-36-31(25(24)12-13-27(29)47-9-3)48-22-17-26(40(20-22)28(41)19-37-33(44)49-34(4,5)6)30(42)38-35(18-21(35)8-2)32(43)39-51(45,46)23-10-11-23/h8,12-15,21-23,26H,2,7,9-11,16-20H2,1,3-6H3,(H,37,44)(H,38,42)(H,39,43)/t21?,22-,26+,35-/m1/s1. The number of hydrogen-bond acceptors (Lipinski definition) is 11. The first kappa shape index (κ1) is 38.2. The summed E-state index contributed by atoms with van der Waals surface area (Å²) < 4.78 is 44.9. The number of aromatic nitrogens is 1. The first-order chi connectivity index (χ1) is 24.1. The molecule has 1 aliphatic heterocycles. The molecule has 0 radical (unpaired) electrons. The van der Waals surface area contributed by atoms with E-state index in [2.05, 4.69) is 33.8 Å². The second-order valence-electron chi connectivity index (χ2n) is 14.0. The van der Waals surface area contributed by atoms with Gasteiger partial charge in [-0.2, -0.15) is 0 Å². The van der Waals surface area contributed by atoms with E-state index in [1.54, 1.807) is 38.7 Å². The van der Waals surface area contributed by atoms with Crippen LogP contribution in [0.4, 0.5) is 4.79 Å². The van der Waals surface area contributed by atoms with Gasteiger partial charge in [0.25, 0.3) is 5.91 Å². The molecule has 2 aromatic rings. The Balaban J connectivity index is 1.39. The minimum absolute atomic E-state index is 0.0282. The van der Waals surface area contributed by atoms with Crippen molar-refractivity contribution in [3.05, 3.63) is 37.1 Å². The van der Waals surface area contributed by atoms with Crippen LogP contribution >= 0.6 is 11.8 Å². The van der Waals surface area contributed by atoms with Crippen molar-refractivity contribution in [2.75, 3.05) is 25.4 Å². The van der Waals surface area contributed by atoms with Gasteiger partial charge in [0.2, 0.25) is 27.7 Å². The van der Waals surface area contributed by atoms with Gasteiger partial charge < -0.3 is 29.7 Å². The first-order valence-electron chi connectivity index (χ1n) is 17.2. The van der Waals surface area contributed by atoms with Crippen molar-refractivity contribution < 1.29 is 41.8 Å². The van der Waals surface area contributed by atoms with E-state index < -0.39 is 74.8 Å². The van der Waals surface area contributed by atoms with Crippen LogP contribution in [-0.2, 0) is 29.1 Å². The summed E-state index contributed by atoms with van der Waals surface area (Å²) in [5, 5.41) is 6.19. The Morgan fingerprint density at radius 1 is 1.14 bits per heavy atom. The third-order valence-corrected chi connectivity index (χ3v) is 11.9. The highest BCUT2D eigenvalue weighted by molar-refractivity contribution is 7.99. The number of likely N-dealkylation sites (tertiary alicyclic amines) is 1. The SMILES string of the molecule is C=CC1C[C@]1(NC(=O)[C@@H]1C[C@@H](Oc2nccc3c(SCCC)c(OCC)ccc23)CN1C(=O)CNC(=O)OC(C)(C)C)C(=O)NS(=O)(=O)C1CC1. The van der Waals surface area contributed by atoms with Crippen molar-refractivity contribution in [2.45, 2.75) is 100 Å². The number of sulfonamides is 1. The fraction of sp³-hybridized carbons (Fsp3) is 0.571. The number of alkyl carbamates (subject to hydrolysis) is 1. The molecule has 1 saturated heterocycles. The predicted octanol–water partition coefficient (Wildman–Crippen LogP) is 3.68. The van der Waals surface area contributed by atoms with E-state index in [4.69, 9.17) is 14.2 Å². The normalized spacial score (nSPS) is 22.9.